The minimum Gasteiger partial charge on any atom is -0.465 e. The van der Waals surface area contributed by atoms with E-state index in [4.69, 9.17) is 13.9 Å². The predicted molar refractivity (Wildman–Crippen MR) is 103 cm³/mol. The van der Waals surface area contributed by atoms with E-state index in [9.17, 15) is 14.4 Å². The molecule has 0 bridgehead atoms. The number of amides is 2. The van der Waals surface area contributed by atoms with Crippen LogP contribution in [0.1, 0.15) is 24.3 Å². The second-order valence-electron chi connectivity index (χ2n) is 6.01. The molecule has 2 heterocycles. The molecule has 0 spiro atoms. The normalized spacial score (nSPS) is 16.3. The summed E-state index contributed by atoms with van der Waals surface area (Å²) in [7, 11) is 0. The smallest absolute Gasteiger partial charge is 0.338 e. The van der Waals surface area contributed by atoms with Crippen LogP contribution in [-0.4, -0.2) is 31.2 Å². The van der Waals surface area contributed by atoms with Crippen molar-refractivity contribution in [2.24, 2.45) is 0 Å². The zero-order valence-corrected chi connectivity index (χ0v) is 15.7. The fourth-order valence-corrected chi connectivity index (χ4v) is 2.80. The van der Waals surface area contributed by atoms with E-state index in [1.54, 1.807) is 43.3 Å². The summed E-state index contributed by atoms with van der Waals surface area (Å²) in [5.74, 6) is -0.764. The van der Waals surface area contributed by atoms with E-state index in [0.717, 1.165) is 0 Å². The van der Waals surface area contributed by atoms with E-state index in [1.807, 2.05) is 6.07 Å². The molecule has 2 N–H and O–H groups in total. The largest absolute Gasteiger partial charge is 0.465 e. The Kier molecular flexibility index (Phi) is 6.47. The van der Waals surface area contributed by atoms with Crippen molar-refractivity contribution in [2.45, 2.75) is 13.0 Å². The van der Waals surface area contributed by atoms with Gasteiger partial charge in [0.15, 0.2) is 0 Å². The number of urea groups is 1. The first-order chi connectivity index (χ1) is 14.1. The highest BCUT2D eigenvalue weighted by Crippen LogP contribution is 2.27. The predicted octanol–water partition coefficient (Wildman–Crippen LogP) is 2.71. The molecule has 2 amide bonds. The van der Waals surface area contributed by atoms with E-state index in [0.29, 0.717) is 11.3 Å². The number of furan rings is 1. The number of ether oxygens (including phenoxy) is 2. The lowest BCUT2D eigenvalue weighted by Gasteiger charge is -2.29. The maximum absolute atomic E-state index is 12.6. The van der Waals surface area contributed by atoms with Crippen molar-refractivity contribution in [3.63, 3.8) is 0 Å². The fraction of sp³-hybridized carbons (Fsp3) is 0.190. The molecule has 3 rings (SSSR count). The van der Waals surface area contributed by atoms with Gasteiger partial charge in [-0.05, 0) is 30.7 Å². The number of nitrogens with one attached hydrogen (secondary N) is 2. The number of hydrogen-bond acceptors (Lipinski definition) is 6. The number of rotatable bonds is 7. The molecule has 0 saturated heterocycles. The molecule has 0 aliphatic carbocycles. The molecule has 0 fully saturated rings. The highest BCUT2D eigenvalue weighted by atomic mass is 16.5. The van der Waals surface area contributed by atoms with E-state index in [2.05, 4.69) is 10.6 Å². The second kappa shape index (κ2) is 9.41. The second-order valence-corrected chi connectivity index (χ2v) is 6.01. The van der Waals surface area contributed by atoms with Crippen molar-refractivity contribution in [1.29, 1.82) is 0 Å². The Labute approximate surface area is 167 Å². The fourth-order valence-electron chi connectivity index (χ4n) is 2.80. The van der Waals surface area contributed by atoms with Crippen LogP contribution in [-0.2, 0) is 19.1 Å². The summed E-state index contributed by atoms with van der Waals surface area (Å²) < 4.78 is 15.4. The number of benzene rings is 1. The third-order valence-corrected chi connectivity index (χ3v) is 4.07. The maximum Gasteiger partial charge on any atom is 0.338 e. The van der Waals surface area contributed by atoms with Crippen LogP contribution < -0.4 is 10.6 Å². The summed E-state index contributed by atoms with van der Waals surface area (Å²) in [4.78, 5) is 36.7. The first kappa shape index (κ1) is 19.9. The van der Waals surface area contributed by atoms with E-state index in [1.165, 1.54) is 18.4 Å². The molecule has 8 heteroatoms. The molecule has 2 aromatic rings. The van der Waals surface area contributed by atoms with Gasteiger partial charge in [-0.25, -0.2) is 14.4 Å². The van der Waals surface area contributed by atoms with Crippen LogP contribution >= 0.6 is 0 Å². The van der Waals surface area contributed by atoms with Crippen LogP contribution in [0.5, 0.6) is 0 Å². The van der Waals surface area contributed by atoms with Crippen LogP contribution in [0.3, 0.4) is 0 Å². The molecule has 0 radical (unpaired) electrons. The lowest BCUT2D eigenvalue weighted by molar-refractivity contribution is -0.140. The highest BCUT2D eigenvalue weighted by molar-refractivity contribution is 5.95. The molecule has 29 heavy (non-hydrogen) atoms. The number of hydrogen-bond donors (Lipinski definition) is 2. The SMILES string of the molecule is CCOC(=O)C1=C(COC(=O)/C=C/c2ccco2)NC(=O)NC1c1ccccc1. The Balaban J connectivity index is 1.83. The van der Waals surface area contributed by atoms with Crippen LogP contribution in [0.2, 0.25) is 0 Å². The molecular weight excluding hydrogens is 376 g/mol. The molecule has 1 atom stereocenters. The molecule has 1 unspecified atom stereocenters. The summed E-state index contributed by atoms with van der Waals surface area (Å²) in [6.07, 6.45) is 4.13. The molecule has 150 valence electrons. The molecule has 1 aliphatic rings. The van der Waals surface area contributed by atoms with Crippen LogP contribution in [0.4, 0.5) is 4.79 Å². The van der Waals surface area contributed by atoms with Crippen molar-refractivity contribution in [3.8, 4) is 0 Å². The molecule has 0 saturated carbocycles. The highest BCUT2D eigenvalue weighted by Gasteiger charge is 2.34. The van der Waals surface area contributed by atoms with Gasteiger partial charge in [0, 0.05) is 6.08 Å². The number of carbonyl (C=O) groups excluding carboxylic acids is 3. The van der Waals surface area contributed by atoms with Crippen molar-refractivity contribution in [3.05, 3.63) is 77.4 Å². The van der Waals surface area contributed by atoms with Crippen LogP contribution in [0, 0.1) is 0 Å². The summed E-state index contributed by atoms with van der Waals surface area (Å²) in [5.41, 5.74) is 1.05. The first-order valence-electron chi connectivity index (χ1n) is 8.99. The summed E-state index contributed by atoms with van der Waals surface area (Å²) >= 11 is 0. The molecule has 1 aromatic carbocycles. The Hall–Kier alpha value is -3.81. The van der Waals surface area contributed by atoms with Gasteiger partial charge in [-0.2, -0.15) is 0 Å². The number of carbonyl (C=O) groups is 3. The Morgan fingerprint density at radius 2 is 1.93 bits per heavy atom. The van der Waals surface area contributed by atoms with Gasteiger partial charge in [-0.3, -0.25) is 0 Å². The first-order valence-corrected chi connectivity index (χ1v) is 8.99. The van der Waals surface area contributed by atoms with Gasteiger partial charge in [0.05, 0.1) is 30.2 Å². The van der Waals surface area contributed by atoms with Crippen LogP contribution in [0.15, 0.2) is 70.5 Å². The molecule has 1 aliphatic heterocycles. The van der Waals surface area contributed by atoms with Crippen molar-refractivity contribution >= 4 is 24.0 Å². The average Bonchev–Trinajstić information content (AvgIpc) is 3.24. The Morgan fingerprint density at radius 1 is 1.14 bits per heavy atom. The van der Waals surface area contributed by atoms with Gasteiger partial charge in [-0.15, -0.1) is 0 Å². The quantitative estimate of drug-likeness (QED) is 0.551. The summed E-state index contributed by atoms with van der Waals surface area (Å²) in [5, 5.41) is 5.25. The maximum atomic E-state index is 12.6. The van der Waals surface area contributed by atoms with E-state index < -0.39 is 24.0 Å². The Morgan fingerprint density at radius 3 is 2.62 bits per heavy atom. The average molecular weight is 396 g/mol. The van der Waals surface area contributed by atoms with Gasteiger partial charge in [0.2, 0.25) is 0 Å². The molecular formula is C21H20N2O6. The lowest BCUT2D eigenvalue weighted by atomic mass is 9.95. The summed E-state index contributed by atoms with van der Waals surface area (Å²) in [6, 6.07) is 11.1. The minimum absolute atomic E-state index is 0.163. The van der Waals surface area contributed by atoms with Gasteiger partial charge < -0.3 is 24.5 Å². The third kappa shape index (κ3) is 5.13. The van der Waals surface area contributed by atoms with E-state index >= 15 is 0 Å². The van der Waals surface area contributed by atoms with E-state index in [-0.39, 0.29) is 24.5 Å². The molecule has 1 aromatic heterocycles. The van der Waals surface area contributed by atoms with Crippen molar-refractivity contribution in [1.82, 2.24) is 10.6 Å². The zero-order chi connectivity index (χ0) is 20.6. The summed E-state index contributed by atoms with van der Waals surface area (Å²) in [6.45, 7) is 1.55. The van der Waals surface area contributed by atoms with Gasteiger partial charge in [0.1, 0.15) is 12.4 Å². The van der Waals surface area contributed by atoms with Gasteiger partial charge >= 0.3 is 18.0 Å². The van der Waals surface area contributed by atoms with Crippen LogP contribution in [0.25, 0.3) is 6.08 Å². The standard InChI is InChI=1S/C21H20N2O6/c1-2-27-20(25)18-16(13-29-17(24)11-10-15-9-6-12-28-15)22-21(26)23-19(18)14-7-4-3-5-8-14/h3-12,19H,2,13H2,1H3,(H2,22,23,26)/b11-10+. The van der Waals surface area contributed by atoms with Gasteiger partial charge in [0.25, 0.3) is 0 Å². The zero-order valence-electron chi connectivity index (χ0n) is 15.7. The monoisotopic (exact) mass is 396 g/mol. The topological polar surface area (TPSA) is 107 Å². The minimum atomic E-state index is -0.726. The van der Waals surface area contributed by atoms with Crippen molar-refractivity contribution in [2.75, 3.05) is 13.2 Å². The van der Waals surface area contributed by atoms with Crippen molar-refractivity contribution < 1.29 is 28.3 Å². The third-order valence-electron chi connectivity index (χ3n) is 4.07. The lowest BCUT2D eigenvalue weighted by Crippen LogP contribution is -2.47. The number of esters is 2. The molecule has 8 nitrogen and oxygen atoms in total. The van der Waals surface area contributed by atoms with Gasteiger partial charge in [-0.1, -0.05) is 30.3 Å². The Bertz CT molecular complexity index is 931.